The van der Waals surface area contributed by atoms with Crippen LogP contribution >= 0.6 is 0 Å². The van der Waals surface area contributed by atoms with Crippen LogP contribution in [0.2, 0.25) is 0 Å². The lowest BCUT2D eigenvalue weighted by Gasteiger charge is -2.21. The number of nitrogens with two attached hydrogens (primary N) is 2. The van der Waals surface area contributed by atoms with E-state index in [2.05, 4.69) is 25.6 Å². The maximum Gasteiger partial charge on any atom is 0.433 e. The molecular weight excluding hydrogens is 512 g/mol. The molecule has 3 aromatic heterocycles. The Bertz CT molecular complexity index is 1330. The summed E-state index contributed by atoms with van der Waals surface area (Å²) in [5.74, 6) is 4.19. The highest BCUT2D eigenvalue weighted by molar-refractivity contribution is 6.04. The molecule has 0 aliphatic rings. The number of hydrogen-bond donors (Lipinski definition) is 4. The normalized spacial score (nSPS) is 12.7. The largest absolute Gasteiger partial charge is 0.441 e. The zero-order valence-corrected chi connectivity index (χ0v) is 20.0. The van der Waals surface area contributed by atoms with Crippen molar-refractivity contribution in [2.75, 3.05) is 12.4 Å². The van der Waals surface area contributed by atoms with Crippen LogP contribution in [0, 0.1) is 5.95 Å². The average molecular weight is 534 g/mol. The SMILES string of the molecule is C[C@@H](OC(=O)N/C(=C(/N)c1ccc(NC(=O)c2ccc(C(F)(F)F)nc2)cn1)N(C)N)c1cccnc1F. The summed E-state index contributed by atoms with van der Waals surface area (Å²) in [7, 11) is 1.39. The summed E-state index contributed by atoms with van der Waals surface area (Å²) in [6.07, 6.45) is -3.29. The highest BCUT2D eigenvalue weighted by atomic mass is 19.4. The third kappa shape index (κ3) is 6.91. The Morgan fingerprint density at radius 3 is 2.37 bits per heavy atom. The number of halogens is 4. The van der Waals surface area contributed by atoms with Gasteiger partial charge in [0.05, 0.1) is 23.1 Å². The second kappa shape index (κ2) is 11.5. The topological polar surface area (TPSA) is 161 Å². The van der Waals surface area contributed by atoms with Gasteiger partial charge in [-0.05, 0) is 43.3 Å². The number of hydrogen-bond acceptors (Lipinski definition) is 9. The minimum Gasteiger partial charge on any atom is -0.441 e. The molecule has 1 atom stereocenters. The Hall–Kier alpha value is -4.79. The quantitative estimate of drug-likeness (QED) is 0.154. The first-order valence-corrected chi connectivity index (χ1v) is 10.7. The first-order chi connectivity index (χ1) is 17.9. The Morgan fingerprint density at radius 2 is 1.82 bits per heavy atom. The van der Waals surface area contributed by atoms with Crippen molar-refractivity contribution in [3.8, 4) is 0 Å². The van der Waals surface area contributed by atoms with Crippen LogP contribution in [-0.2, 0) is 10.9 Å². The number of alkyl carbamates (subject to hydrolysis) is 1. The minimum atomic E-state index is -4.63. The van der Waals surface area contributed by atoms with E-state index in [-0.39, 0.29) is 34.0 Å². The van der Waals surface area contributed by atoms with E-state index in [9.17, 15) is 27.2 Å². The number of nitrogens with zero attached hydrogens (tertiary/aromatic N) is 4. The van der Waals surface area contributed by atoms with Gasteiger partial charge in [-0.2, -0.15) is 17.6 Å². The van der Waals surface area contributed by atoms with Gasteiger partial charge < -0.3 is 15.8 Å². The number of ether oxygens (including phenoxy) is 1. The van der Waals surface area contributed by atoms with Crippen molar-refractivity contribution in [2.45, 2.75) is 19.2 Å². The summed E-state index contributed by atoms with van der Waals surface area (Å²) in [5, 5.41) is 5.84. The third-order valence-corrected chi connectivity index (χ3v) is 4.95. The molecule has 3 aromatic rings. The maximum absolute atomic E-state index is 13.8. The van der Waals surface area contributed by atoms with Crippen LogP contribution in [0.5, 0.6) is 0 Å². The predicted molar refractivity (Wildman–Crippen MR) is 127 cm³/mol. The summed E-state index contributed by atoms with van der Waals surface area (Å²) in [4.78, 5) is 35.6. The number of hydrazine groups is 1. The van der Waals surface area contributed by atoms with Crippen molar-refractivity contribution in [1.82, 2.24) is 25.3 Å². The number of nitrogens with one attached hydrogen (secondary N) is 2. The van der Waals surface area contributed by atoms with E-state index in [0.29, 0.717) is 6.07 Å². The summed E-state index contributed by atoms with van der Waals surface area (Å²) < 4.78 is 57.0. The molecule has 0 aromatic carbocycles. The van der Waals surface area contributed by atoms with Gasteiger partial charge in [0.2, 0.25) is 5.95 Å². The lowest BCUT2D eigenvalue weighted by atomic mass is 10.2. The molecule has 0 spiro atoms. The van der Waals surface area contributed by atoms with Crippen LogP contribution in [0.4, 0.5) is 28.0 Å². The van der Waals surface area contributed by atoms with Crippen molar-refractivity contribution >= 4 is 23.4 Å². The maximum atomic E-state index is 13.8. The van der Waals surface area contributed by atoms with E-state index in [1.54, 1.807) is 0 Å². The first-order valence-electron chi connectivity index (χ1n) is 10.7. The zero-order valence-electron chi connectivity index (χ0n) is 20.0. The number of aromatic nitrogens is 3. The first kappa shape index (κ1) is 27.8. The van der Waals surface area contributed by atoms with Gasteiger partial charge >= 0.3 is 12.3 Å². The van der Waals surface area contributed by atoms with Gasteiger partial charge in [-0.25, -0.2) is 15.6 Å². The Balaban J connectivity index is 1.69. The molecule has 15 heteroatoms. The van der Waals surface area contributed by atoms with Gasteiger partial charge in [0.15, 0.2) is 5.82 Å². The van der Waals surface area contributed by atoms with Crippen LogP contribution < -0.4 is 22.2 Å². The van der Waals surface area contributed by atoms with Gasteiger partial charge in [-0.1, -0.05) is 0 Å². The number of pyridine rings is 3. The second-order valence-corrected chi connectivity index (χ2v) is 7.75. The molecule has 3 rings (SSSR count). The molecule has 6 N–H and O–H groups in total. The Kier molecular flexibility index (Phi) is 8.42. The standard InChI is InChI=1S/C23H22F4N8O3/c1-12(15-4-3-9-30-19(15)24)38-22(37)34-20(35(2)29)18(28)16-7-6-14(11-31-16)33-21(36)13-5-8-17(32-10-13)23(25,26)27/h3-12H,28-29H2,1-2H3,(H,33,36)(H,34,37)/b20-18-/t12-/m1/s1. The molecule has 2 amide bonds. The molecule has 0 aliphatic carbocycles. The summed E-state index contributed by atoms with van der Waals surface area (Å²) in [6, 6.07) is 7.42. The van der Waals surface area contributed by atoms with Crippen molar-refractivity contribution in [3.63, 3.8) is 0 Å². The van der Waals surface area contributed by atoms with Crippen LogP contribution in [-0.4, -0.2) is 39.0 Å². The fraction of sp³-hybridized carbons (Fsp3) is 0.174. The van der Waals surface area contributed by atoms with Crippen molar-refractivity contribution in [1.29, 1.82) is 0 Å². The fourth-order valence-corrected chi connectivity index (χ4v) is 3.04. The average Bonchev–Trinajstić information content (AvgIpc) is 2.87. The summed E-state index contributed by atoms with van der Waals surface area (Å²) in [6.45, 7) is 1.45. The number of rotatable bonds is 7. The highest BCUT2D eigenvalue weighted by Gasteiger charge is 2.32. The molecule has 0 unspecified atom stereocenters. The fourth-order valence-electron chi connectivity index (χ4n) is 3.04. The van der Waals surface area contributed by atoms with Crippen molar-refractivity contribution in [2.24, 2.45) is 11.6 Å². The van der Waals surface area contributed by atoms with Crippen LogP contribution in [0.25, 0.3) is 5.70 Å². The number of carbonyl (C=O) groups excluding carboxylic acids is 2. The molecule has 11 nitrogen and oxygen atoms in total. The van der Waals surface area contributed by atoms with E-state index < -0.39 is 35.9 Å². The molecule has 38 heavy (non-hydrogen) atoms. The second-order valence-electron chi connectivity index (χ2n) is 7.75. The van der Waals surface area contributed by atoms with E-state index in [4.69, 9.17) is 16.3 Å². The molecule has 200 valence electrons. The molecule has 0 bridgehead atoms. The highest BCUT2D eigenvalue weighted by Crippen LogP contribution is 2.27. The molecule has 3 heterocycles. The van der Waals surface area contributed by atoms with Crippen molar-refractivity contribution < 1.29 is 31.9 Å². The summed E-state index contributed by atoms with van der Waals surface area (Å²) in [5.41, 5.74) is 5.23. The van der Waals surface area contributed by atoms with E-state index in [1.807, 2.05) is 0 Å². The van der Waals surface area contributed by atoms with Crippen LogP contribution in [0.3, 0.4) is 0 Å². The molecule has 0 saturated heterocycles. The molecule has 0 aliphatic heterocycles. The Labute approximate surface area is 213 Å². The molecule has 0 radical (unpaired) electrons. The molecule has 0 saturated carbocycles. The lowest BCUT2D eigenvalue weighted by molar-refractivity contribution is -0.141. The van der Waals surface area contributed by atoms with Gasteiger partial charge in [-0.3, -0.25) is 25.1 Å². The summed E-state index contributed by atoms with van der Waals surface area (Å²) >= 11 is 0. The van der Waals surface area contributed by atoms with Crippen LogP contribution in [0.1, 0.15) is 40.3 Å². The van der Waals surface area contributed by atoms with E-state index >= 15 is 0 Å². The van der Waals surface area contributed by atoms with Crippen molar-refractivity contribution in [3.05, 3.63) is 89.3 Å². The smallest absolute Gasteiger partial charge is 0.433 e. The number of carbonyl (C=O) groups is 2. The van der Waals surface area contributed by atoms with Gasteiger partial charge in [0, 0.05) is 25.0 Å². The van der Waals surface area contributed by atoms with Gasteiger partial charge in [-0.15, -0.1) is 0 Å². The number of anilines is 1. The zero-order chi connectivity index (χ0) is 28.0. The molecular formula is C23H22F4N8O3. The van der Waals surface area contributed by atoms with Gasteiger partial charge in [0.25, 0.3) is 5.91 Å². The molecule has 0 fully saturated rings. The van der Waals surface area contributed by atoms with Gasteiger partial charge in [0.1, 0.15) is 17.5 Å². The third-order valence-electron chi connectivity index (χ3n) is 4.95. The monoisotopic (exact) mass is 534 g/mol. The number of alkyl halides is 3. The number of amides is 2. The van der Waals surface area contributed by atoms with Crippen LogP contribution in [0.15, 0.2) is 60.8 Å². The van der Waals surface area contributed by atoms with E-state index in [1.165, 1.54) is 50.6 Å². The predicted octanol–water partition coefficient (Wildman–Crippen LogP) is 3.16. The lowest BCUT2D eigenvalue weighted by Crippen LogP contribution is -2.39. The minimum absolute atomic E-state index is 0.0635. The van der Waals surface area contributed by atoms with E-state index in [0.717, 1.165) is 17.3 Å². The Morgan fingerprint density at radius 1 is 1.08 bits per heavy atom.